The Morgan fingerprint density at radius 1 is 1.30 bits per heavy atom. The van der Waals surface area contributed by atoms with Gasteiger partial charge in [-0.15, -0.1) is 6.58 Å². The van der Waals surface area contributed by atoms with Gasteiger partial charge in [0.15, 0.2) is 5.96 Å². The van der Waals surface area contributed by atoms with Gasteiger partial charge in [-0.3, -0.25) is 4.99 Å². The van der Waals surface area contributed by atoms with E-state index in [9.17, 15) is 0 Å². The molecule has 4 heteroatoms. The lowest BCUT2D eigenvalue weighted by molar-refractivity contribution is 0.414. The van der Waals surface area contributed by atoms with E-state index in [1.165, 1.54) is 5.56 Å². The van der Waals surface area contributed by atoms with Gasteiger partial charge in [-0.2, -0.15) is 0 Å². The van der Waals surface area contributed by atoms with E-state index in [1.54, 1.807) is 14.2 Å². The summed E-state index contributed by atoms with van der Waals surface area (Å²) >= 11 is 0. The number of guanidine groups is 1. The minimum absolute atomic E-state index is 0.00191. The minimum atomic E-state index is -0.00191. The topological polar surface area (TPSA) is 45.7 Å². The highest BCUT2D eigenvalue weighted by Crippen LogP contribution is 2.24. The van der Waals surface area contributed by atoms with Crippen LogP contribution < -0.4 is 15.4 Å². The van der Waals surface area contributed by atoms with Crippen LogP contribution in [0, 0.1) is 0 Å². The maximum Gasteiger partial charge on any atom is 0.191 e. The first-order valence-electron chi connectivity index (χ1n) is 6.73. The van der Waals surface area contributed by atoms with Gasteiger partial charge in [0.2, 0.25) is 0 Å². The van der Waals surface area contributed by atoms with E-state index in [0.29, 0.717) is 6.54 Å². The molecule has 0 aliphatic carbocycles. The predicted octanol–water partition coefficient (Wildman–Crippen LogP) is 2.32. The van der Waals surface area contributed by atoms with Crippen molar-refractivity contribution in [1.29, 1.82) is 0 Å². The minimum Gasteiger partial charge on any atom is -0.497 e. The third-order valence-electron chi connectivity index (χ3n) is 3.21. The average Bonchev–Trinajstić information content (AvgIpc) is 2.47. The van der Waals surface area contributed by atoms with Gasteiger partial charge in [-0.05, 0) is 17.7 Å². The van der Waals surface area contributed by atoms with Gasteiger partial charge in [0, 0.05) is 25.6 Å². The number of hydrogen-bond donors (Lipinski definition) is 2. The predicted molar refractivity (Wildman–Crippen MR) is 85.6 cm³/mol. The molecule has 110 valence electrons. The molecule has 0 aliphatic rings. The largest absolute Gasteiger partial charge is 0.497 e. The molecular weight excluding hydrogens is 250 g/mol. The average molecular weight is 275 g/mol. The number of nitrogens with zero attached hydrogens (tertiary/aromatic N) is 1. The number of aliphatic imine (C=N–C) groups is 1. The number of ether oxygens (including phenoxy) is 1. The van der Waals surface area contributed by atoms with Crippen LogP contribution in [0.1, 0.15) is 19.4 Å². The van der Waals surface area contributed by atoms with Gasteiger partial charge in [0.1, 0.15) is 5.75 Å². The molecule has 0 saturated heterocycles. The van der Waals surface area contributed by atoms with Crippen molar-refractivity contribution in [2.75, 3.05) is 27.2 Å². The fraction of sp³-hybridized carbons (Fsp3) is 0.438. The summed E-state index contributed by atoms with van der Waals surface area (Å²) in [6, 6.07) is 8.17. The molecule has 2 N–H and O–H groups in total. The molecule has 0 aromatic heterocycles. The van der Waals surface area contributed by atoms with Crippen LogP contribution >= 0.6 is 0 Å². The van der Waals surface area contributed by atoms with Crippen LogP contribution in [0.25, 0.3) is 0 Å². The third-order valence-corrected chi connectivity index (χ3v) is 3.21. The molecule has 1 aromatic rings. The maximum absolute atomic E-state index is 5.19. The first-order valence-corrected chi connectivity index (χ1v) is 6.73. The Morgan fingerprint density at radius 2 is 1.95 bits per heavy atom. The molecule has 0 atom stereocenters. The molecule has 1 aromatic carbocycles. The van der Waals surface area contributed by atoms with Crippen LogP contribution in [0.5, 0.6) is 5.75 Å². The van der Waals surface area contributed by atoms with E-state index in [4.69, 9.17) is 4.74 Å². The molecule has 0 fully saturated rings. The van der Waals surface area contributed by atoms with Gasteiger partial charge in [-0.1, -0.05) is 32.1 Å². The summed E-state index contributed by atoms with van der Waals surface area (Å²) in [5.41, 5.74) is 1.25. The maximum atomic E-state index is 5.19. The Bertz CT molecular complexity index is 449. The molecule has 0 spiro atoms. The van der Waals surface area contributed by atoms with Crippen molar-refractivity contribution in [3.8, 4) is 5.75 Å². The summed E-state index contributed by atoms with van der Waals surface area (Å²) in [5.74, 6) is 1.66. The highest BCUT2D eigenvalue weighted by atomic mass is 16.5. The number of benzene rings is 1. The van der Waals surface area contributed by atoms with Crippen molar-refractivity contribution in [2.45, 2.75) is 19.3 Å². The van der Waals surface area contributed by atoms with Crippen molar-refractivity contribution in [3.63, 3.8) is 0 Å². The summed E-state index contributed by atoms with van der Waals surface area (Å²) in [7, 11) is 3.44. The molecule has 20 heavy (non-hydrogen) atoms. The molecule has 0 amide bonds. The fourth-order valence-corrected chi connectivity index (χ4v) is 1.84. The number of hydrogen-bond acceptors (Lipinski definition) is 2. The quantitative estimate of drug-likeness (QED) is 0.476. The molecule has 0 saturated carbocycles. The lowest BCUT2D eigenvalue weighted by Gasteiger charge is -2.27. The molecule has 4 nitrogen and oxygen atoms in total. The summed E-state index contributed by atoms with van der Waals surface area (Å²) in [5, 5.41) is 6.49. The molecule has 0 bridgehead atoms. The van der Waals surface area contributed by atoms with Crippen LogP contribution in [-0.4, -0.2) is 33.2 Å². The smallest absolute Gasteiger partial charge is 0.191 e. The van der Waals surface area contributed by atoms with Gasteiger partial charge in [-0.25, -0.2) is 0 Å². The van der Waals surface area contributed by atoms with Crippen LogP contribution in [0.2, 0.25) is 0 Å². The van der Waals surface area contributed by atoms with E-state index < -0.39 is 0 Å². The monoisotopic (exact) mass is 275 g/mol. The number of rotatable bonds is 6. The van der Waals surface area contributed by atoms with Crippen molar-refractivity contribution in [2.24, 2.45) is 4.99 Å². The van der Waals surface area contributed by atoms with Crippen molar-refractivity contribution < 1.29 is 4.74 Å². The molecule has 0 unspecified atom stereocenters. The van der Waals surface area contributed by atoms with Crippen molar-refractivity contribution in [3.05, 3.63) is 42.5 Å². The van der Waals surface area contributed by atoms with E-state index in [1.807, 2.05) is 18.2 Å². The van der Waals surface area contributed by atoms with Crippen molar-refractivity contribution >= 4 is 5.96 Å². The van der Waals surface area contributed by atoms with E-state index in [-0.39, 0.29) is 5.41 Å². The number of methoxy groups -OCH3 is 1. The highest BCUT2D eigenvalue weighted by Gasteiger charge is 2.20. The first kappa shape index (κ1) is 16.1. The second kappa shape index (κ2) is 7.58. The summed E-state index contributed by atoms with van der Waals surface area (Å²) in [6.45, 7) is 9.56. The van der Waals surface area contributed by atoms with Gasteiger partial charge in [0.25, 0.3) is 0 Å². The summed E-state index contributed by atoms with van der Waals surface area (Å²) in [6.07, 6.45) is 1.81. The normalized spacial score (nSPS) is 11.9. The van der Waals surface area contributed by atoms with Crippen molar-refractivity contribution in [1.82, 2.24) is 10.6 Å². The highest BCUT2D eigenvalue weighted by molar-refractivity contribution is 5.79. The Hall–Kier alpha value is -1.97. The van der Waals surface area contributed by atoms with Gasteiger partial charge in [0.05, 0.1) is 7.11 Å². The molecular formula is C16H25N3O. The molecule has 0 radical (unpaired) electrons. The molecule has 0 aliphatic heterocycles. The summed E-state index contributed by atoms with van der Waals surface area (Å²) in [4.78, 5) is 4.18. The van der Waals surface area contributed by atoms with E-state index in [0.717, 1.165) is 18.3 Å². The van der Waals surface area contributed by atoms with Crippen LogP contribution in [0.4, 0.5) is 0 Å². The zero-order chi connectivity index (χ0) is 15.0. The molecule has 0 heterocycles. The van der Waals surface area contributed by atoms with Crippen LogP contribution in [-0.2, 0) is 5.41 Å². The van der Waals surface area contributed by atoms with Gasteiger partial charge < -0.3 is 15.4 Å². The third kappa shape index (κ3) is 4.61. The Labute approximate surface area is 121 Å². The van der Waals surface area contributed by atoms with E-state index >= 15 is 0 Å². The lowest BCUT2D eigenvalue weighted by atomic mass is 9.84. The molecule has 1 rings (SSSR count). The Kier molecular flexibility index (Phi) is 6.10. The van der Waals surface area contributed by atoms with Crippen LogP contribution in [0.15, 0.2) is 41.9 Å². The zero-order valence-electron chi connectivity index (χ0n) is 12.9. The number of nitrogens with one attached hydrogen (secondary N) is 2. The second-order valence-corrected chi connectivity index (χ2v) is 5.21. The zero-order valence-corrected chi connectivity index (χ0v) is 12.9. The second-order valence-electron chi connectivity index (χ2n) is 5.21. The fourth-order valence-electron chi connectivity index (χ4n) is 1.84. The Morgan fingerprint density at radius 3 is 2.45 bits per heavy atom. The SMILES string of the molecule is C=CCNC(=NC)NCC(C)(C)c1ccc(OC)cc1. The van der Waals surface area contributed by atoms with Gasteiger partial charge >= 0.3 is 0 Å². The van der Waals surface area contributed by atoms with E-state index in [2.05, 4.69) is 48.2 Å². The van der Waals surface area contributed by atoms with Crippen LogP contribution in [0.3, 0.4) is 0 Å². The first-order chi connectivity index (χ1) is 9.53. The Balaban J connectivity index is 2.65. The summed E-state index contributed by atoms with van der Waals surface area (Å²) < 4.78 is 5.19. The lowest BCUT2D eigenvalue weighted by Crippen LogP contribution is -2.43. The standard InChI is InChI=1S/C16H25N3O/c1-6-11-18-15(17-4)19-12-16(2,3)13-7-9-14(20-5)10-8-13/h6-10H,1,11-12H2,2-5H3,(H2,17,18,19).